The Labute approximate surface area is 158 Å². The normalized spacial score (nSPS) is 16.2. The van der Waals surface area contributed by atoms with Crippen molar-refractivity contribution in [2.24, 2.45) is 0 Å². The van der Waals surface area contributed by atoms with Crippen LogP contribution in [0.25, 0.3) is 0 Å². The first kappa shape index (κ1) is 20.1. The molecule has 0 radical (unpaired) electrons. The van der Waals surface area contributed by atoms with Gasteiger partial charge in [-0.3, -0.25) is 0 Å². The number of benzene rings is 1. The molecule has 0 spiro atoms. The van der Waals surface area contributed by atoms with E-state index in [4.69, 9.17) is 30.9 Å². The fourth-order valence-corrected chi connectivity index (χ4v) is 5.45. The van der Waals surface area contributed by atoms with Crippen molar-refractivity contribution in [1.82, 2.24) is 9.03 Å². The van der Waals surface area contributed by atoms with Crippen molar-refractivity contribution in [3.8, 4) is 37.0 Å². The van der Waals surface area contributed by atoms with Gasteiger partial charge in [-0.15, -0.1) is 19.3 Å². The minimum atomic E-state index is -4.10. The van der Waals surface area contributed by atoms with Crippen LogP contribution < -0.4 is 9.62 Å². The average Bonchev–Trinajstić information content (AvgIpc) is 2.57. The molecule has 1 heterocycles. The van der Waals surface area contributed by atoms with Gasteiger partial charge in [0.15, 0.2) is 0 Å². The maximum atomic E-state index is 12.8. The van der Waals surface area contributed by atoms with Gasteiger partial charge in [-0.2, -0.15) is 9.03 Å². The standard InChI is InChI=1S/C16H14ClN3O4S2/c1-4-7-18-25(21,22)15-11-16-14(10-13(15)17)19(8-5-2)12-20(9-6-3)26(16,23)24/h1-3,10-11,18H,7-9,12H2. The van der Waals surface area contributed by atoms with Crippen LogP contribution in [0.4, 0.5) is 5.69 Å². The molecule has 0 amide bonds. The molecule has 136 valence electrons. The Hall–Kier alpha value is -2.19. The van der Waals surface area contributed by atoms with Crippen LogP contribution >= 0.6 is 11.6 Å². The van der Waals surface area contributed by atoms with Crippen molar-refractivity contribution < 1.29 is 16.8 Å². The second-order valence-corrected chi connectivity index (χ2v) is 9.19. The zero-order valence-corrected chi connectivity index (χ0v) is 15.8. The highest BCUT2D eigenvalue weighted by molar-refractivity contribution is 7.90. The SMILES string of the molecule is C#CCNS(=O)(=O)c1cc2c(cc1Cl)N(CC#C)CN(CC#C)S2(=O)=O. The first-order valence-corrected chi connectivity index (χ1v) is 10.4. The number of hydrogen-bond acceptors (Lipinski definition) is 5. The second kappa shape index (κ2) is 7.59. The van der Waals surface area contributed by atoms with E-state index >= 15 is 0 Å². The first-order chi connectivity index (χ1) is 12.2. The number of terminal acetylenes is 3. The van der Waals surface area contributed by atoms with Crippen LogP contribution in [0.3, 0.4) is 0 Å². The molecule has 26 heavy (non-hydrogen) atoms. The molecule has 0 saturated heterocycles. The Morgan fingerprint density at radius 1 is 1.15 bits per heavy atom. The lowest BCUT2D eigenvalue weighted by Gasteiger charge is -2.36. The topological polar surface area (TPSA) is 86.8 Å². The molecule has 1 N–H and O–H groups in total. The molecule has 0 aromatic heterocycles. The summed E-state index contributed by atoms with van der Waals surface area (Å²) in [6.45, 7) is -0.444. The number of nitrogens with zero attached hydrogens (tertiary/aromatic N) is 2. The van der Waals surface area contributed by atoms with Gasteiger partial charge in [0.25, 0.3) is 0 Å². The molecule has 0 bridgehead atoms. The molecule has 1 aliphatic heterocycles. The largest absolute Gasteiger partial charge is 0.345 e. The average molecular weight is 412 g/mol. The van der Waals surface area contributed by atoms with E-state index in [9.17, 15) is 16.8 Å². The lowest BCUT2D eigenvalue weighted by Crippen LogP contribution is -2.46. The first-order valence-electron chi connectivity index (χ1n) is 7.07. The predicted octanol–water partition coefficient (Wildman–Crippen LogP) is 0.286. The van der Waals surface area contributed by atoms with Gasteiger partial charge in [0.1, 0.15) is 9.79 Å². The lowest BCUT2D eigenvalue weighted by molar-refractivity contribution is 0.433. The van der Waals surface area contributed by atoms with E-state index < -0.39 is 24.9 Å². The Kier molecular flexibility index (Phi) is 5.87. The summed E-state index contributed by atoms with van der Waals surface area (Å²) in [6, 6.07) is 2.24. The number of hydrogen-bond donors (Lipinski definition) is 1. The van der Waals surface area contributed by atoms with Gasteiger partial charge >= 0.3 is 0 Å². The molecule has 0 saturated carbocycles. The van der Waals surface area contributed by atoms with Crippen LogP contribution in [-0.2, 0) is 20.0 Å². The van der Waals surface area contributed by atoms with Crippen LogP contribution in [0.5, 0.6) is 0 Å². The summed E-state index contributed by atoms with van der Waals surface area (Å²) in [6.07, 6.45) is 15.6. The van der Waals surface area contributed by atoms with Crippen molar-refractivity contribution in [2.45, 2.75) is 9.79 Å². The Balaban J connectivity index is 2.71. The van der Waals surface area contributed by atoms with Gasteiger partial charge in [-0.25, -0.2) is 16.8 Å². The van der Waals surface area contributed by atoms with Crippen molar-refractivity contribution in [2.75, 3.05) is 31.2 Å². The number of rotatable bonds is 5. The monoisotopic (exact) mass is 411 g/mol. The fourth-order valence-electron chi connectivity index (χ4n) is 2.36. The van der Waals surface area contributed by atoms with Crippen LogP contribution in [0.2, 0.25) is 5.02 Å². The van der Waals surface area contributed by atoms with Gasteiger partial charge in [0.05, 0.1) is 37.0 Å². The summed E-state index contributed by atoms with van der Waals surface area (Å²) >= 11 is 6.09. The van der Waals surface area contributed by atoms with Crippen molar-refractivity contribution in [1.29, 1.82) is 0 Å². The molecule has 1 aliphatic rings. The zero-order valence-electron chi connectivity index (χ0n) is 13.4. The van der Waals surface area contributed by atoms with Crippen LogP contribution in [0, 0.1) is 37.0 Å². The molecule has 0 fully saturated rings. The van der Waals surface area contributed by atoms with Gasteiger partial charge in [-0.05, 0) is 12.1 Å². The summed E-state index contributed by atoms with van der Waals surface area (Å²) in [5.74, 6) is 6.80. The number of sulfonamides is 2. The van der Waals surface area contributed by atoms with Gasteiger partial charge < -0.3 is 4.90 Å². The van der Waals surface area contributed by atoms with Crippen molar-refractivity contribution in [3.63, 3.8) is 0 Å². The highest BCUT2D eigenvalue weighted by atomic mass is 35.5. The quantitative estimate of drug-likeness (QED) is 0.703. The number of nitrogens with one attached hydrogen (secondary N) is 1. The highest BCUT2D eigenvalue weighted by Gasteiger charge is 2.37. The van der Waals surface area contributed by atoms with Crippen LogP contribution in [-0.4, -0.2) is 47.4 Å². The minimum Gasteiger partial charge on any atom is -0.345 e. The molecular formula is C16H14ClN3O4S2. The molecule has 0 aliphatic carbocycles. The lowest BCUT2D eigenvalue weighted by atomic mass is 10.3. The molecule has 2 rings (SSSR count). The Morgan fingerprint density at radius 2 is 1.81 bits per heavy atom. The van der Waals surface area contributed by atoms with Gasteiger partial charge in [0.2, 0.25) is 20.0 Å². The zero-order chi connectivity index (χ0) is 19.5. The van der Waals surface area contributed by atoms with E-state index in [-0.39, 0.29) is 41.9 Å². The number of fused-ring (bicyclic) bond motifs is 1. The third-order valence-electron chi connectivity index (χ3n) is 3.50. The summed E-state index contributed by atoms with van der Waals surface area (Å²) in [7, 11) is -8.13. The number of anilines is 1. The van der Waals surface area contributed by atoms with E-state index in [2.05, 4.69) is 22.5 Å². The van der Waals surface area contributed by atoms with E-state index in [1.807, 2.05) is 0 Å². The van der Waals surface area contributed by atoms with Crippen molar-refractivity contribution >= 4 is 37.3 Å². The molecule has 0 atom stereocenters. The molecule has 7 nitrogen and oxygen atoms in total. The predicted molar refractivity (Wildman–Crippen MR) is 99.2 cm³/mol. The molecular weight excluding hydrogens is 398 g/mol. The third-order valence-corrected chi connectivity index (χ3v) is 7.18. The van der Waals surface area contributed by atoms with Gasteiger partial charge in [0, 0.05) is 0 Å². The Bertz CT molecular complexity index is 1060. The Morgan fingerprint density at radius 3 is 2.38 bits per heavy atom. The van der Waals surface area contributed by atoms with Crippen molar-refractivity contribution in [3.05, 3.63) is 17.2 Å². The minimum absolute atomic E-state index is 0.0680. The van der Waals surface area contributed by atoms with E-state index in [1.54, 1.807) is 4.90 Å². The molecule has 1 aromatic carbocycles. The number of halogens is 1. The summed E-state index contributed by atoms with van der Waals surface area (Å²) in [5.41, 5.74) is 0.206. The second-order valence-electron chi connectivity index (χ2n) is 5.14. The maximum absolute atomic E-state index is 12.8. The fraction of sp³-hybridized carbons (Fsp3) is 0.250. The summed E-state index contributed by atoms with van der Waals surface area (Å²) in [5, 5.41) is -0.157. The smallest absolute Gasteiger partial charge is 0.247 e. The van der Waals surface area contributed by atoms with Gasteiger partial charge in [-0.1, -0.05) is 29.4 Å². The summed E-state index contributed by atoms with van der Waals surface area (Å²) in [4.78, 5) is 0.907. The third kappa shape index (κ3) is 3.66. The van der Waals surface area contributed by atoms with E-state index in [0.717, 1.165) is 10.4 Å². The van der Waals surface area contributed by atoms with Crippen LogP contribution in [0.1, 0.15) is 0 Å². The molecule has 0 unspecified atom stereocenters. The molecule has 1 aromatic rings. The summed E-state index contributed by atoms with van der Waals surface area (Å²) < 4.78 is 53.5. The molecule has 10 heteroatoms. The van der Waals surface area contributed by atoms with E-state index in [0.29, 0.717) is 0 Å². The van der Waals surface area contributed by atoms with E-state index in [1.165, 1.54) is 6.07 Å². The van der Waals surface area contributed by atoms with Crippen LogP contribution in [0.15, 0.2) is 21.9 Å². The maximum Gasteiger partial charge on any atom is 0.247 e. The highest BCUT2D eigenvalue weighted by Crippen LogP contribution is 2.38.